The van der Waals surface area contributed by atoms with Crippen LogP contribution in [0.1, 0.15) is 37.4 Å². The van der Waals surface area contributed by atoms with E-state index in [9.17, 15) is 0 Å². The molecular weight excluding hydrogens is 258 g/mol. The molecule has 0 amide bonds. The molecule has 1 aliphatic carbocycles. The molecule has 8 nitrogen and oxygen atoms in total. The number of hydrogen-bond acceptors (Lipinski definition) is 7. The highest BCUT2D eigenvalue weighted by atomic mass is 35.5. The minimum absolute atomic E-state index is 0. The summed E-state index contributed by atoms with van der Waals surface area (Å²) in [5.41, 5.74) is 5.82. The summed E-state index contributed by atoms with van der Waals surface area (Å²) in [5.74, 6) is 1.07. The lowest BCUT2D eigenvalue weighted by Crippen LogP contribution is -2.34. The summed E-state index contributed by atoms with van der Waals surface area (Å²) in [6.07, 6.45) is 5.56. The maximum Gasteiger partial charge on any atom is 0.248 e. The molecule has 0 unspecified atom stereocenters. The minimum Gasteiger partial charge on any atom is -0.337 e. The van der Waals surface area contributed by atoms with Crippen LogP contribution in [0, 0.1) is 0 Å². The van der Waals surface area contributed by atoms with Gasteiger partial charge in [0.05, 0.1) is 5.54 Å². The van der Waals surface area contributed by atoms with E-state index < -0.39 is 5.54 Å². The normalized spacial score (nSPS) is 17.6. The summed E-state index contributed by atoms with van der Waals surface area (Å²) in [6, 6.07) is 0. The van der Waals surface area contributed by atoms with E-state index in [4.69, 9.17) is 10.3 Å². The first-order valence-electron chi connectivity index (χ1n) is 5.59. The Morgan fingerprint density at radius 1 is 1.39 bits per heavy atom. The van der Waals surface area contributed by atoms with Crippen LogP contribution in [0.2, 0.25) is 0 Å². The first-order chi connectivity index (χ1) is 8.26. The molecule has 0 saturated heterocycles. The average Bonchev–Trinajstić information content (AvgIpc) is 3.00. The third-order valence-corrected chi connectivity index (χ3v) is 3.10. The van der Waals surface area contributed by atoms with Crippen LogP contribution in [0.5, 0.6) is 0 Å². The maximum absolute atomic E-state index is 6.23. The van der Waals surface area contributed by atoms with Gasteiger partial charge in [-0.1, -0.05) is 18.0 Å². The van der Waals surface area contributed by atoms with Gasteiger partial charge < -0.3 is 10.3 Å². The van der Waals surface area contributed by atoms with E-state index in [0.29, 0.717) is 18.3 Å². The Bertz CT molecular complexity index is 491. The van der Waals surface area contributed by atoms with E-state index in [1.165, 1.54) is 11.0 Å². The smallest absolute Gasteiger partial charge is 0.248 e. The van der Waals surface area contributed by atoms with Crippen LogP contribution < -0.4 is 5.73 Å². The Labute approximate surface area is 109 Å². The zero-order chi connectivity index (χ0) is 11.7. The van der Waals surface area contributed by atoms with Gasteiger partial charge in [0.15, 0.2) is 5.82 Å². The average molecular weight is 272 g/mol. The second-order valence-corrected chi connectivity index (χ2v) is 4.38. The molecule has 2 aromatic heterocycles. The first kappa shape index (κ1) is 12.9. The third-order valence-electron chi connectivity index (χ3n) is 3.10. The molecule has 0 bridgehead atoms. The van der Waals surface area contributed by atoms with Crippen molar-refractivity contribution in [3.63, 3.8) is 0 Å². The van der Waals surface area contributed by atoms with E-state index in [2.05, 4.69) is 25.7 Å². The Morgan fingerprint density at radius 3 is 2.83 bits per heavy atom. The van der Waals surface area contributed by atoms with Crippen molar-refractivity contribution >= 4 is 12.4 Å². The fourth-order valence-corrected chi connectivity index (χ4v) is 2.14. The van der Waals surface area contributed by atoms with Gasteiger partial charge in [0, 0.05) is 0 Å². The van der Waals surface area contributed by atoms with Crippen LogP contribution in [0.3, 0.4) is 0 Å². The summed E-state index contributed by atoms with van der Waals surface area (Å²) in [4.78, 5) is 4.32. The lowest BCUT2D eigenvalue weighted by molar-refractivity contribution is 0.341. The van der Waals surface area contributed by atoms with Crippen LogP contribution in [-0.4, -0.2) is 30.3 Å². The van der Waals surface area contributed by atoms with Gasteiger partial charge in [-0.2, -0.15) is 4.98 Å². The molecule has 9 heteroatoms. The van der Waals surface area contributed by atoms with Crippen molar-refractivity contribution in [2.75, 3.05) is 0 Å². The Hall–Kier alpha value is -1.54. The van der Waals surface area contributed by atoms with Crippen molar-refractivity contribution in [3.8, 4) is 0 Å². The fourth-order valence-electron chi connectivity index (χ4n) is 2.14. The van der Waals surface area contributed by atoms with Crippen molar-refractivity contribution in [1.29, 1.82) is 0 Å². The topological polar surface area (TPSA) is 109 Å². The van der Waals surface area contributed by atoms with E-state index in [1.54, 1.807) is 0 Å². The molecule has 1 aliphatic rings. The molecule has 0 spiro atoms. The quantitative estimate of drug-likeness (QED) is 0.852. The van der Waals surface area contributed by atoms with Gasteiger partial charge in [-0.15, -0.1) is 17.5 Å². The number of hydrogen-bond donors (Lipinski definition) is 1. The molecule has 98 valence electrons. The van der Waals surface area contributed by atoms with Crippen molar-refractivity contribution in [1.82, 2.24) is 30.3 Å². The van der Waals surface area contributed by atoms with Crippen molar-refractivity contribution in [2.45, 2.75) is 37.8 Å². The zero-order valence-electron chi connectivity index (χ0n) is 9.69. The molecule has 2 N–H and O–H groups in total. The van der Waals surface area contributed by atoms with Crippen LogP contribution in [0.4, 0.5) is 0 Å². The highest BCUT2D eigenvalue weighted by Gasteiger charge is 2.35. The monoisotopic (exact) mass is 271 g/mol. The van der Waals surface area contributed by atoms with Gasteiger partial charge >= 0.3 is 0 Å². The number of nitrogens with two attached hydrogens (primary N) is 1. The van der Waals surface area contributed by atoms with Gasteiger partial charge in [0.2, 0.25) is 5.89 Å². The summed E-state index contributed by atoms with van der Waals surface area (Å²) in [7, 11) is 0. The lowest BCUT2D eigenvalue weighted by Gasteiger charge is -2.17. The highest BCUT2D eigenvalue weighted by Crippen LogP contribution is 2.34. The van der Waals surface area contributed by atoms with Crippen molar-refractivity contribution in [3.05, 3.63) is 18.0 Å². The first-order valence-corrected chi connectivity index (χ1v) is 5.59. The lowest BCUT2D eigenvalue weighted by atomic mass is 9.99. The molecule has 3 rings (SSSR count). The number of halogens is 1. The molecule has 0 aromatic carbocycles. The molecule has 0 atom stereocenters. The van der Waals surface area contributed by atoms with E-state index in [0.717, 1.165) is 25.7 Å². The van der Waals surface area contributed by atoms with Crippen LogP contribution in [0.15, 0.2) is 10.9 Å². The van der Waals surface area contributed by atoms with Crippen molar-refractivity contribution < 1.29 is 4.52 Å². The molecule has 2 heterocycles. The summed E-state index contributed by atoms with van der Waals surface area (Å²) >= 11 is 0. The van der Waals surface area contributed by atoms with Crippen LogP contribution >= 0.6 is 12.4 Å². The second kappa shape index (κ2) is 4.99. The Balaban J connectivity index is 0.00000120. The fraction of sp³-hybridized carbons (Fsp3) is 0.667. The third kappa shape index (κ3) is 2.34. The van der Waals surface area contributed by atoms with E-state index in [-0.39, 0.29) is 12.4 Å². The molecule has 1 fully saturated rings. The summed E-state index contributed by atoms with van der Waals surface area (Å²) in [5, 5.41) is 14.8. The van der Waals surface area contributed by atoms with Gasteiger partial charge in [-0.3, -0.25) is 0 Å². The summed E-state index contributed by atoms with van der Waals surface area (Å²) in [6.45, 7) is 0.371. The van der Waals surface area contributed by atoms with Gasteiger partial charge in [-0.05, 0) is 23.3 Å². The highest BCUT2D eigenvalue weighted by molar-refractivity contribution is 5.85. The maximum atomic E-state index is 6.23. The SMILES string of the molecule is Cl.NC1(c2noc(Cn3cnnn3)n2)CCCC1. The Morgan fingerprint density at radius 2 is 2.17 bits per heavy atom. The second-order valence-electron chi connectivity index (χ2n) is 4.38. The predicted molar refractivity (Wildman–Crippen MR) is 62.8 cm³/mol. The molecule has 0 aliphatic heterocycles. The van der Waals surface area contributed by atoms with Crippen LogP contribution in [-0.2, 0) is 12.1 Å². The van der Waals surface area contributed by atoms with E-state index in [1.807, 2.05) is 0 Å². The Kier molecular flexibility index (Phi) is 3.58. The largest absolute Gasteiger partial charge is 0.337 e. The molecule has 0 radical (unpaired) electrons. The standard InChI is InChI=1S/C9H13N7O.ClH/c10-9(3-1-2-4-9)8-12-7(17-13-8)5-16-6-11-14-15-16;/h6H,1-5,10H2;1H. The van der Waals surface area contributed by atoms with Crippen LogP contribution in [0.25, 0.3) is 0 Å². The molecular formula is C9H14ClN7O. The molecule has 2 aromatic rings. The number of aromatic nitrogens is 6. The molecule has 1 saturated carbocycles. The number of rotatable bonds is 3. The number of nitrogens with zero attached hydrogens (tertiary/aromatic N) is 6. The van der Waals surface area contributed by atoms with Gasteiger partial charge in [-0.25, -0.2) is 4.68 Å². The number of tetrazole rings is 1. The van der Waals surface area contributed by atoms with Gasteiger partial charge in [0.1, 0.15) is 12.9 Å². The zero-order valence-corrected chi connectivity index (χ0v) is 10.5. The predicted octanol–water partition coefficient (Wildman–Crippen LogP) is 0.254. The van der Waals surface area contributed by atoms with E-state index >= 15 is 0 Å². The van der Waals surface area contributed by atoms with Gasteiger partial charge in [0.25, 0.3) is 0 Å². The van der Waals surface area contributed by atoms with Crippen molar-refractivity contribution in [2.24, 2.45) is 5.73 Å². The summed E-state index contributed by atoms with van der Waals surface area (Å²) < 4.78 is 6.68. The molecule has 18 heavy (non-hydrogen) atoms. The minimum atomic E-state index is -0.414.